The lowest BCUT2D eigenvalue weighted by molar-refractivity contribution is -0.137. The standard InChI is InChI=1S/C22H21F3N4O3S/c1-3-29(12-19(30)27-17-10-6-5-9-16(17)22(23,24)25)21(31)15-8-4-7-11-18(15)33-13-20-26-14(2)28-32-20/h4-11H,3,12-13H2,1-2H3,(H,27,30). The molecule has 33 heavy (non-hydrogen) atoms. The number of carbonyl (C=O) groups excluding carboxylic acids is 2. The first-order valence-electron chi connectivity index (χ1n) is 9.95. The molecular weight excluding hydrogens is 457 g/mol. The molecule has 0 saturated carbocycles. The zero-order valence-electron chi connectivity index (χ0n) is 17.8. The van der Waals surface area contributed by atoms with Crippen molar-refractivity contribution in [2.24, 2.45) is 0 Å². The molecule has 1 N–H and O–H groups in total. The third kappa shape index (κ3) is 6.35. The maximum absolute atomic E-state index is 13.2. The number of carbonyl (C=O) groups is 2. The Kier molecular flexibility index (Phi) is 7.75. The summed E-state index contributed by atoms with van der Waals surface area (Å²) in [5.74, 6) is 0.126. The molecule has 2 amide bonds. The number of halogens is 3. The van der Waals surface area contributed by atoms with Gasteiger partial charge in [-0.1, -0.05) is 29.4 Å². The monoisotopic (exact) mass is 478 g/mol. The van der Waals surface area contributed by atoms with E-state index in [0.29, 0.717) is 27.9 Å². The number of thioether (sulfide) groups is 1. The zero-order chi connectivity index (χ0) is 24.0. The Morgan fingerprint density at radius 1 is 1.12 bits per heavy atom. The van der Waals surface area contributed by atoms with Crippen LogP contribution in [0.1, 0.15) is 34.6 Å². The van der Waals surface area contributed by atoms with Gasteiger partial charge in [-0.2, -0.15) is 18.2 Å². The molecule has 11 heteroatoms. The van der Waals surface area contributed by atoms with Gasteiger partial charge in [0.1, 0.15) is 6.54 Å². The minimum absolute atomic E-state index is 0.190. The first-order chi connectivity index (χ1) is 15.7. The average Bonchev–Trinajstić information content (AvgIpc) is 3.20. The van der Waals surface area contributed by atoms with E-state index in [1.165, 1.54) is 34.9 Å². The third-order valence-electron chi connectivity index (χ3n) is 4.55. The topological polar surface area (TPSA) is 88.3 Å². The summed E-state index contributed by atoms with van der Waals surface area (Å²) in [4.78, 5) is 31.7. The van der Waals surface area contributed by atoms with Crippen LogP contribution in [0.15, 0.2) is 57.9 Å². The molecule has 0 aliphatic rings. The van der Waals surface area contributed by atoms with Crippen LogP contribution < -0.4 is 5.32 Å². The molecule has 0 radical (unpaired) electrons. The summed E-state index contributed by atoms with van der Waals surface area (Å²) >= 11 is 1.33. The van der Waals surface area contributed by atoms with Crippen LogP contribution in [0.25, 0.3) is 0 Å². The number of aryl methyl sites for hydroxylation is 1. The van der Waals surface area contributed by atoms with E-state index in [9.17, 15) is 22.8 Å². The van der Waals surface area contributed by atoms with Crippen molar-refractivity contribution in [2.45, 2.75) is 30.7 Å². The summed E-state index contributed by atoms with van der Waals surface area (Å²) in [5, 5.41) is 5.99. The van der Waals surface area contributed by atoms with Gasteiger partial charge >= 0.3 is 6.18 Å². The Labute approximate surface area is 192 Å². The van der Waals surface area contributed by atoms with Crippen LogP contribution in [0, 0.1) is 6.92 Å². The van der Waals surface area contributed by atoms with E-state index in [1.807, 2.05) is 0 Å². The highest BCUT2D eigenvalue weighted by Crippen LogP contribution is 2.34. The normalized spacial score (nSPS) is 11.3. The number of nitrogens with zero attached hydrogens (tertiary/aromatic N) is 3. The average molecular weight is 478 g/mol. The van der Waals surface area contributed by atoms with Crippen LogP contribution in [0.5, 0.6) is 0 Å². The van der Waals surface area contributed by atoms with Gasteiger partial charge in [0.05, 0.1) is 22.6 Å². The number of aromatic nitrogens is 2. The highest BCUT2D eigenvalue weighted by atomic mass is 32.2. The van der Waals surface area contributed by atoms with Gasteiger partial charge in [-0.05, 0) is 38.1 Å². The second kappa shape index (κ2) is 10.5. The second-order valence-electron chi connectivity index (χ2n) is 6.93. The highest BCUT2D eigenvalue weighted by molar-refractivity contribution is 7.98. The van der Waals surface area contributed by atoms with Crippen LogP contribution in [-0.2, 0) is 16.7 Å². The minimum atomic E-state index is -4.61. The van der Waals surface area contributed by atoms with Gasteiger partial charge in [0.15, 0.2) is 5.82 Å². The number of hydrogen-bond acceptors (Lipinski definition) is 6. The lowest BCUT2D eigenvalue weighted by Gasteiger charge is -2.22. The fraction of sp³-hybridized carbons (Fsp3) is 0.273. The maximum Gasteiger partial charge on any atom is 0.418 e. The summed E-state index contributed by atoms with van der Waals surface area (Å²) in [6, 6.07) is 11.5. The Balaban J connectivity index is 1.71. The summed E-state index contributed by atoms with van der Waals surface area (Å²) in [6.45, 7) is 3.18. The number of rotatable bonds is 8. The molecule has 0 aliphatic carbocycles. The van der Waals surface area contributed by atoms with Gasteiger partial charge in [-0.3, -0.25) is 9.59 Å². The van der Waals surface area contributed by atoms with Crippen LogP contribution in [-0.4, -0.2) is 39.9 Å². The molecular formula is C22H21F3N4O3S. The van der Waals surface area contributed by atoms with Crippen molar-refractivity contribution in [1.29, 1.82) is 0 Å². The number of hydrogen-bond donors (Lipinski definition) is 1. The van der Waals surface area contributed by atoms with Crippen molar-refractivity contribution in [2.75, 3.05) is 18.4 Å². The van der Waals surface area contributed by atoms with Gasteiger partial charge in [0.2, 0.25) is 11.8 Å². The molecule has 3 aromatic rings. The summed E-state index contributed by atoms with van der Waals surface area (Å²) in [7, 11) is 0. The van der Waals surface area contributed by atoms with E-state index >= 15 is 0 Å². The van der Waals surface area contributed by atoms with Gasteiger partial charge in [0.25, 0.3) is 5.91 Å². The number of alkyl halides is 3. The number of para-hydroxylation sites is 1. The van der Waals surface area contributed by atoms with Crippen LogP contribution in [0.3, 0.4) is 0 Å². The first-order valence-corrected chi connectivity index (χ1v) is 10.9. The predicted molar refractivity (Wildman–Crippen MR) is 117 cm³/mol. The summed E-state index contributed by atoms with van der Waals surface area (Å²) in [6.07, 6.45) is -4.61. The summed E-state index contributed by atoms with van der Waals surface area (Å²) in [5.41, 5.74) is -0.945. The van der Waals surface area contributed by atoms with E-state index in [-0.39, 0.29) is 12.2 Å². The van der Waals surface area contributed by atoms with Gasteiger partial charge < -0.3 is 14.7 Å². The number of anilines is 1. The van der Waals surface area contributed by atoms with Crippen molar-refractivity contribution >= 4 is 29.3 Å². The van der Waals surface area contributed by atoms with E-state index in [4.69, 9.17) is 4.52 Å². The molecule has 0 atom stereocenters. The number of benzene rings is 2. The number of amides is 2. The molecule has 0 bridgehead atoms. The van der Waals surface area contributed by atoms with Crippen molar-refractivity contribution in [3.63, 3.8) is 0 Å². The van der Waals surface area contributed by atoms with E-state index < -0.39 is 30.1 Å². The van der Waals surface area contributed by atoms with Crippen molar-refractivity contribution in [1.82, 2.24) is 15.0 Å². The fourth-order valence-electron chi connectivity index (χ4n) is 3.01. The Bertz CT molecular complexity index is 1130. The molecule has 2 aromatic carbocycles. The van der Waals surface area contributed by atoms with Crippen molar-refractivity contribution in [3.05, 3.63) is 71.4 Å². The van der Waals surface area contributed by atoms with Crippen molar-refractivity contribution in [3.8, 4) is 0 Å². The molecule has 3 rings (SSSR count). The first kappa shape index (κ1) is 24.3. The van der Waals surface area contributed by atoms with Gasteiger partial charge in [-0.15, -0.1) is 11.8 Å². The fourth-order valence-corrected chi connectivity index (χ4v) is 3.89. The smallest absolute Gasteiger partial charge is 0.338 e. The van der Waals surface area contributed by atoms with E-state index in [0.717, 1.165) is 6.07 Å². The van der Waals surface area contributed by atoms with Crippen LogP contribution >= 0.6 is 11.8 Å². The van der Waals surface area contributed by atoms with E-state index in [2.05, 4.69) is 15.5 Å². The largest absolute Gasteiger partial charge is 0.418 e. The second-order valence-corrected chi connectivity index (χ2v) is 7.95. The number of likely N-dealkylation sites (N-methyl/N-ethyl adjacent to an activating group) is 1. The predicted octanol–water partition coefficient (Wildman–Crippen LogP) is 4.79. The summed E-state index contributed by atoms with van der Waals surface area (Å²) < 4.78 is 44.6. The molecule has 0 spiro atoms. The van der Waals surface area contributed by atoms with Crippen LogP contribution in [0.4, 0.5) is 18.9 Å². The molecule has 174 valence electrons. The molecule has 1 aromatic heterocycles. The number of nitrogens with one attached hydrogen (secondary N) is 1. The van der Waals surface area contributed by atoms with Gasteiger partial charge in [-0.25, -0.2) is 0 Å². The van der Waals surface area contributed by atoms with Gasteiger partial charge in [0, 0.05) is 11.4 Å². The lowest BCUT2D eigenvalue weighted by Crippen LogP contribution is -2.38. The maximum atomic E-state index is 13.2. The molecule has 0 fully saturated rings. The minimum Gasteiger partial charge on any atom is -0.338 e. The Hall–Kier alpha value is -3.34. The molecule has 0 saturated heterocycles. The lowest BCUT2D eigenvalue weighted by atomic mass is 10.1. The molecule has 0 aliphatic heterocycles. The third-order valence-corrected chi connectivity index (χ3v) is 5.61. The highest BCUT2D eigenvalue weighted by Gasteiger charge is 2.33. The molecule has 0 unspecified atom stereocenters. The molecule has 7 nitrogen and oxygen atoms in total. The van der Waals surface area contributed by atoms with E-state index in [1.54, 1.807) is 38.1 Å². The molecule has 1 heterocycles. The Morgan fingerprint density at radius 2 is 1.82 bits per heavy atom. The van der Waals surface area contributed by atoms with Crippen molar-refractivity contribution < 1.29 is 27.3 Å². The SMILES string of the molecule is CCN(CC(=O)Nc1ccccc1C(F)(F)F)C(=O)c1ccccc1SCc1nc(C)no1. The Morgan fingerprint density at radius 3 is 2.48 bits per heavy atom. The van der Waals surface area contributed by atoms with Crippen LogP contribution in [0.2, 0.25) is 0 Å². The zero-order valence-corrected chi connectivity index (χ0v) is 18.7. The quantitative estimate of drug-likeness (QED) is 0.469.